The predicted molar refractivity (Wildman–Crippen MR) is 280 cm³/mol. The zero-order chi connectivity index (χ0) is 51.5. The highest BCUT2D eigenvalue weighted by molar-refractivity contribution is 8.44. The van der Waals surface area contributed by atoms with E-state index in [2.05, 4.69) is 165 Å². The summed E-state index contributed by atoms with van der Waals surface area (Å²) >= 11 is 9.81. The van der Waals surface area contributed by atoms with Crippen molar-refractivity contribution in [3.63, 3.8) is 0 Å². The monoisotopic (exact) mass is 997 g/mol. The second kappa shape index (κ2) is 21.9. The molecule has 0 aromatic rings. The summed E-state index contributed by atoms with van der Waals surface area (Å²) in [7, 11) is 25.4. The van der Waals surface area contributed by atoms with Crippen LogP contribution in [0.25, 0.3) is 0 Å². The highest BCUT2D eigenvalue weighted by Crippen LogP contribution is 2.60. The summed E-state index contributed by atoms with van der Waals surface area (Å²) in [6.45, 7) is 39.8. The Kier molecular flexibility index (Phi) is 20.4. The van der Waals surface area contributed by atoms with Gasteiger partial charge in [-0.15, -0.1) is 0 Å². The number of thiol groups is 1. The van der Waals surface area contributed by atoms with Gasteiger partial charge in [0.1, 0.15) is 31.4 Å². The Morgan fingerprint density at radius 2 is 0.818 bits per heavy atom. The summed E-state index contributed by atoms with van der Waals surface area (Å²) in [6.07, 6.45) is -2.17. The van der Waals surface area contributed by atoms with Gasteiger partial charge in [0.15, 0.2) is 0 Å². The maximum Gasteiger partial charge on any atom is 0.386 e. The van der Waals surface area contributed by atoms with Crippen LogP contribution < -0.4 is 0 Å². The van der Waals surface area contributed by atoms with E-state index in [1.165, 1.54) is 0 Å². The van der Waals surface area contributed by atoms with Crippen LogP contribution in [0.1, 0.15) is 152 Å². The van der Waals surface area contributed by atoms with Crippen LogP contribution in [0.2, 0.25) is 0 Å². The van der Waals surface area contributed by atoms with Gasteiger partial charge in [0, 0.05) is 35.8 Å². The molecule has 4 fully saturated rings. The van der Waals surface area contributed by atoms with Crippen molar-refractivity contribution < 1.29 is 46.5 Å². The lowest BCUT2D eigenvalue weighted by atomic mass is 9.59. The Balaban J connectivity index is 0.000000350. The lowest BCUT2D eigenvalue weighted by molar-refractivity contribution is -0.0380. The van der Waals surface area contributed by atoms with Crippen LogP contribution in [0.4, 0.5) is 0 Å². The van der Waals surface area contributed by atoms with Crippen molar-refractivity contribution in [2.75, 3.05) is 13.2 Å². The molecule has 4 heterocycles. The average Bonchev–Trinajstić information content (AvgIpc) is 3.81. The molecule has 66 heavy (non-hydrogen) atoms. The highest BCUT2D eigenvalue weighted by atomic mass is 32.7. The number of rotatable bonds is 12. The summed E-state index contributed by atoms with van der Waals surface area (Å²) in [4.78, 5) is 11.1. The van der Waals surface area contributed by atoms with Gasteiger partial charge in [-0.2, -0.15) is 0 Å². The smallest absolute Gasteiger partial charge is 0.382 e. The molecule has 0 aliphatic carbocycles. The van der Waals surface area contributed by atoms with Crippen LogP contribution in [0.5, 0.6) is 0 Å². The van der Waals surface area contributed by atoms with E-state index in [-0.39, 0.29) is 117 Å². The van der Waals surface area contributed by atoms with Gasteiger partial charge in [-0.1, -0.05) is 165 Å². The van der Waals surface area contributed by atoms with Crippen LogP contribution in [-0.4, -0.2) is 110 Å². The molecule has 6 unspecified atom stereocenters. The molecule has 0 saturated carbocycles. The van der Waals surface area contributed by atoms with E-state index in [0.29, 0.717) is 0 Å². The minimum atomic E-state index is -3.73. The molecule has 1 N–H and O–H groups in total. The van der Waals surface area contributed by atoms with E-state index in [4.69, 9.17) is 80.2 Å². The van der Waals surface area contributed by atoms with Crippen LogP contribution in [0.15, 0.2) is 0 Å². The molecular formula is C48H90B4O10P2S2. The van der Waals surface area contributed by atoms with Gasteiger partial charge < -0.3 is 32.9 Å². The molecule has 10 nitrogen and oxygen atoms in total. The summed E-state index contributed by atoms with van der Waals surface area (Å²) < 4.78 is 61.9. The van der Waals surface area contributed by atoms with Crippen LogP contribution in [-0.2, 0) is 53.4 Å². The van der Waals surface area contributed by atoms with Crippen molar-refractivity contribution in [3.8, 4) is 0 Å². The van der Waals surface area contributed by atoms with Crippen molar-refractivity contribution >= 4 is 69.0 Å². The van der Waals surface area contributed by atoms with Crippen molar-refractivity contribution in [2.45, 2.75) is 213 Å². The Bertz CT molecular complexity index is 1550. The van der Waals surface area contributed by atoms with E-state index < -0.39 is 49.7 Å². The lowest BCUT2D eigenvalue weighted by Gasteiger charge is -2.41. The topological polar surface area (TPSA) is 111 Å². The molecule has 376 valence electrons. The summed E-state index contributed by atoms with van der Waals surface area (Å²) in [5.74, 6) is 0.675. The molecule has 18 atom stereocenters. The largest absolute Gasteiger partial charge is 0.386 e. The minimum Gasteiger partial charge on any atom is -0.382 e. The van der Waals surface area contributed by atoms with Gasteiger partial charge in [-0.05, 0) is 79.8 Å². The second-order valence-corrected chi connectivity index (χ2v) is 32.6. The molecule has 4 aliphatic heterocycles. The average molecular weight is 997 g/mol. The van der Waals surface area contributed by atoms with Crippen LogP contribution in [0, 0.1) is 79.8 Å². The number of ether oxygens (including phenoxy) is 4. The fraction of sp³-hybridized carbons (Fsp3) is 1.00. The third kappa shape index (κ3) is 15.6. The van der Waals surface area contributed by atoms with E-state index in [0.717, 1.165) is 0 Å². The Morgan fingerprint density at radius 3 is 1.11 bits per heavy atom. The van der Waals surface area contributed by atoms with E-state index in [9.17, 15) is 9.46 Å². The van der Waals surface area contributed by atoms with Gasteiger partial charge in [-0.3, -0.25) is 9.05 Å². The third-order valence-electron chi connectivity index (χ3n) is 14.2. The van der Waals surface area contributed by atoms with E-state index in [1.807, 2.05) is 0 Å². The Labute approximate surface area is 419 Å². The maximum absolute atomic E-state index is 13.4. The molecule has 0 spiro atoms. The molecule has 0 bridgehead atoms. The van der Waals surface area contributed by atoms with Gasteiger partial charge in [-0.25, -0.2) is 4.57 Å². The summed E-state index contributed by atoms with van der Waals surface area (Å²) in [6, 6.07) is -1.80. The third-order valence-corrected chi connectivity index (χ3v) is 17.4. The first-order valence-corrected chi connectivity index (χ1v) is 29.6. The van der Waals surface area contributed by atoms with Gasteiger partial charge in [0.25, 0.3) is 0 Å². The number of hydrogen-bond acceptors (Lipinski definition) is 10. The predicted octanol–water partition coefficient (Wildman–Crippen LogP) is 10.9. The normalized spacial score (nSPS) is 38.1. The van der Waals surface area contributed by atoms with E-state index in [1.54, 1.807) is 0 Å². The van der Waals surface area contributed by atoms with Crippen molar-refractivity contribution in [1.82, 2.24) is 0 Å². The fourth-order valence-electron chi connectivity index (χ4n) is 11.5. The molecule has 8 radical (unpaired) electrons. The highest BCUT2D eigenvalue weighted by Gasteiger charge is 2.56. The SMILES string of the molecule is [B][C@@H]1O[C@H](C(C)(C)C)[C@H](OP(=O)(S)OC[C@H]2O[C@@H]([B])C(C(C)(C)C)[C@H]2C(C)(C)C)C1C(C)C.[B][C@@H]1O[C@H](C(C)(C)C)[C@H](OP(O)(=S)OC[C@H]2O[C@@H]([B])C(C(C)(C)C)[C@H]2C(C)(C)C)C1C(C)C. The minimum absolute atomic E-state index is 0.0379. The van der Waals surface area contributed by atoms with Gasteiger partial charge in [0.2, 0.25) is 0 Å². The molecule has 0 amide bonds. The van der Waals surface area contributed by atoms with E-state index >= 15 is 0 Å². The first-order chi connectivity index (χ1) is 29.3. The Hall–Kier alpha value is 1.13. The zero-order valence-corrected chi connectivity index (χ0v) is 48.5. The van der Waals surface area contributed by atoms with Crippen LogP contribution >= 0.6 is 25.8 Å². The molecule has 4 aliphatic rings. The quantitative estimate of drug-likeness (QED) is 0.111. The van der Waals surface area contributed by atoms with Gasteiger partial charge in [0.05, 0.1) is 49.8 Å². The summed E-state index contributed by atoms with van der Waals surface area (Å²) in [5, 5.41) is 0. The molecule has 18 heteroatoms. The van der Waals surface area contributed by atoms with Crippen molar-refractivity contribution in [2.24, 2.45) is 79.8 Å². The zero-order valence-electron chi connectivity index (χ0n) is 45.0. The van der Waals surface area contributed by atoms with Crippen molar-refractivity contribution in [3.05, 3.63) is 0 Å². The lowest BCUT2D eigenvalue weighted by Crippen LogP contribution is -2.42. The molecular weight excluding hydrogens is 906 g/mol. The second-order valence-electron chi connectivity index (χ2n) is 26.9. The standard InChI is InChI=1S/2C24H45B2O5PS/c2*1-13(2)15-18(19(24(9,10)11)30-20(15)25)31-32(27,33)28-12-14-16(22(3,4)5)17(21(26)29-14)23(6,7)8/h2*13-21H,12H2,1-11H3,(H,27,33)/t2*14-,15?,16+,17?,18-,19+,20-,21-,32?/m11/s1. The molecule has 4 saturated heterocycles. The van der Waals surface area contributed by atoms with Crippen LogP contribution in [0.3, 0.4) is 0 Å². The van der Waals surface area contributed by atoms with Gasteiger partial charge >= 0.3 is 13.5 Å². The first kappa shape index (κ1) is 61.4. The fourth-order valence-corrected chi connectivity index (χ4v) is 14.4. The Morgan fingerprint density at radius 1 is 0.515 bits per heavy atom. The maximum atomic E-state index is 13.4. The molecule has 4 rings (SSSR count). The summed E-state index contributed by atoms with van der Waals surface area (Å²) in [5.41, 5.74) is -0.713. The first-order valence-electron chi connectivity index (χ1n) is 24.3. The molecule has 0 aromatic carbocycles. The van der Waals surface area contributed by atoms with Crippen molar-refractivity contribution in [1.29, 1.82) is 0 Å². The molecule has 0 aromatic heterocycles. The number of hydrogen-bond donors (Lipinski definition) is 2.